The van der Waals surface area contributed by atoms with Crippen molar-refractivity contribution in [3.05, 3.63) is 91.4 Å². The minimum atomic E-state index is -0.739. The molecule has 1 aromatic heterocycles. The second-order valence-electron chi connectivity index (χ2n) is 7.80. The minimum absolute atomic E-state index is 0.0222. The van der Waals surface area contributed by atoms with Gasteiger partial charge in [-0.1, -0.05) is 12.1 Å². The maximum Gasteiger partial charge on any atom is 0.272 e. The Hall–Kier alpha value is -3.11. The molecule has 1 amide bonds. The third kappa shape index (κ3) is 5.34. The van der Waals surface area contributed by atoms with Gasteiger partial charge in [0.25, 0.3) is 11.5 Å². The van der Waals surface area contributed by atoms with Crippen LogP contribution in [-0.4, -0.2) is 46.7 Å². The molecule has 1 saturated heterocycles. The Balaban J connectivity index is 1.47. The van der Waals surface area contributed by atoms with E-state index in [0.717, 1.165) is 17.7 Å². The van der Waals surface area contributed by atoms with E-state index in [-0.39, 0.29) is 40.5 Å². The van der Waals surface area contributed by atoms with Gasteiger partial charge in [-0.15, -0.1) is 0 Å². The summed E-state index contributed by atoms with van der Waals surface area (Å²) in [6, 6.07) is 10.3. The topological polar surface area (TPSA) is 73.7 Å². The summed E-state index contributed by atoms with van der Waals surface area (Å²) < 4.78 is 39.3. The van der Waals surface area contributed by atoms with Crippen LogP contribution in [0, 0.1) is 18.6 Å². The Kier molecular flexibility index (Phi) is 7.38. The average Bonchev–Trinajstić information content (AvgIpc) is 2.84. The van der Waals surface area contributed by atoms with E-state index in [9.17, 15) is 18.4 Å². The van der Waals surface area contributed by atoms with Crippen LogP contribution in [0.2, 0.25) is 0 Å². The summed E-state index contributed by atoms with van der Waals surface area (Å²) >= 11 is 3.22. The van der Waals surface area contributed by atoms with E-state index < -0.39 is 11.6 Å². The molecular weight excluding hydrogens is 512 g/mol. The van der Waals surface area contributed by atoms with Crippen molar-refractivity contribution in [2.45, 2.75) is 20.1 Å². The Morgan fingerprint density at radius 3 is 2.53 bits per heavy atom. The Morgan fingerprint density at radius 1 is 1.15 bits per heavy atom. The van der Waals surface area contributed by atoms with Crippen molar-refractivity contribution in [3.8, 4) is 5.88 Å². The normalized spacial score (nSPS) is 13.7. The Morgan fingerprint density at radius 2 is 1.85 bits per heavy atom. The van der Waals surface area contributed by atoms with Crippen LogP contribution in [0.15, 0.2) is 51.7 Å². The zero-order chi connectivity index (χ0) is 24.2. The molecule has 0 atom stereocenters. The highest BCUT2D eigenvalue weighted by Gasteiger charge is 2.19. The van der Waals surface area contributed by atoms with Crippen molar-refractivity contribution in [2.24, 2.45) is 0 Å². The van der Waals surface area contributed by atoms with Crippen LogP contribution in [0.5, 0.6) is 5.88 Å². The highest BCUT2D eigenvalue weighted by atomic mass is 79.9. The molecule has 34 heavy (non-hydrogen) atoms. The monoisotopic (exact) mass is 533 g/mol. The maximum absolute atomic E-state index is 13.9. The van der Waals surface area contributed by atoms with Gasteiger partial charge < -0.3 is 14.4 Å². The molecule has 2 aromatic carbocycles. The number of rotatable bonds is 6. The molecule has 2 heterocycles. The van der Waals surface area contributed by atoms with Gasteiger partial charge >= 0.3 is 0 Å². The number of morpholine rings is 1. The van der Waals surface area contributed by atoms with Crippen molar-refractivity contribution < 1.29 is 23.0 Å². The number of benzene rings is 2. The smallest absolute Gasteiger partial charge is 0.272 e. The lowest BCUT2D eigenvalue weighted by Crippen LogP contribution is -2.40. The first kappa shape index (κ1) is 24.0. The van der Waals surface area contributed by atoms with Gasteiger partial charge in [0.15, 0.2) is 0 Å². The molecule has 0 N–H and O–H groups in total. The lowest BCUT2D eigenvalue weighted by Gasteiger charge is -2.26. The van der Waals surface area contributed by atoms with Crippen LogP contribution in [0.25, 0.3) is 0 Å². The van der Waals surface area contributed by atoms with Gasteiger partial charge in [-0.2, -0.15) is 4.98 Å². The van der Waals surface area contributed by atoms with Gasteiger partial charge in [0, 0.05) is 30.3 Å². The first-order valence-corrected chi connectivity index (χ1v) is 11.4. The molecule has 3 aromatic rings. The molecule has 10 heteroatoms. The Labute approximate surface area is 203 Å². The summed E-state index contributed by atoms with van der Waals surface area (Å²) in [5.41, 5.74) is 1.17. The average molecular weight is 534 g/mol. The predicted octanol–water partition coefficient (Wildman–Crippen LogP) is 3.69. The molecule has 4 rings (SSSR count). The number of carbonyl (C=O) groups is 1. The molecule has 1 fully saturated rings. The van der Waals surface area contributed by atoms with Crippen LogP contribution in [0.3, 0.4) is 0 Å². The zero-order valence-electron chi connectivity index (χ0n) is 18.4. The first-order chi connectivity index (χ1) is 16.3. The molecule has 1 aliphatic heterocycles. The molecule has 1 aliphatic rings. The van der Waals surface area contributed by atoms with Crippen LogP contribution in [0.1, 0.15) is 27.3 Å². The summed E-state index contributed by atoms with van der Waals surface area (Å²) in [7, 11) is 0. The van der Waals surface area contributed by atoms with Crippen LogP contribution >= 0.6 is 15.9 Å². The third-order valence-electron chi connectivity index (χ3n) is 5.49. The van der Waals surface area contributed by atoms with Crippen molar-refractivity contribution >= 4 is 21.8 Å². The summed E-state index contributed by atoms with van der Waals surface area (Å²) in [6.45, 7) is 3.90. The second kappa shape index (κ2) is 10.4. The number of hydrogen-bond acceptors (Lipinski definition) is 5. The zero-order valence-corrected chi connectivity index (χ0v) is 20.0. The summed E-state index contributed by atoms with van der Waals surface area (Å²) in [5.74, 6) is -1.05. The largest absolute Gasteiger partial charge is 0.472 e. The van der Waals surface area contributed by atoms with E-state index in [2.05, 4.69) is 20.9 Å². The number of amides is 1. The summed E-state index contributed by atoms with van der Waals surface area (Å²) in [4.78, 5) is 31.6. The fourth-order valence-electron chi connectivity index (χ4n) is 3.56. The van der Waals surface area contributed by atoms with Crippen LogP contribution in [-0.2, 0) is 17.9 Å². The number of ether oxygens (including phenoxy) is 2. The van der Waals surface area contributed by atoms with Crippen molar-refractivity contribution in [1.29, 1.82) is 0 Å². The number of hydrogen-bond donors (Lipinski definition) is 0. The molecule has 0 spiro atoms. The number of nitrogens with zero attached hydrogens (tertiary/aromatic N) is 3. The van der Waals surface area contributed by atoms with Gasteiger partial charge in [-0.3, -0.25) is 14.2 Å². The lowest BCUT2D eigenvalue weighted by molar-refractivity contribution is 0.0303. The number of carbonyl (C=O) groups excluding carboxylic acids is 1. The molecule has 178 valence electrons. The number of aryl methyl sites for hydroxylation is 1. The second-order valence-corrected chi connectivity index (χ2v) is 8.59. The standard InChI is InChI=1S/C24H22BrF2N3O4/c1-15-28-22(34-14-18-6-7-19(26)12-20(18)27)21(25)24(32)30(15)13-16-2-4-17(5-3-16)23(31)29-8-10-33-11-9-29/h2-7,12H,8-11,13-14H2,1H3. The predicted molar refractivity (Wildman–Crippen MR) is 124 cm³/mol. The van der Waals surface area contributed by atoms with Gasteiger partial charge in [0.1, 0.15) is 28.5 Å². The van der Waals surface area contributed by atoms with Crippen molar-refractivity contribution in [2.75, 3.05) is 26.3 Å². The molecule has 0 aliphatic carbocycles. The van der Waals surface area contributed by atoms with E-state index in [1.54, 1.807) is 36.1 Å². The van der Waals surface area contributed by atoms with E-state index in [1.807, 2.05) is 0 Å². The molecule has 0 radical (unpaired) electrons. The van der Waals surface area contributed by atoms with Crippen molar-refractivity contribution in [1.82, 2.24) is 14.5 Å². The summed E-state index contributed by atoms with van der Waals surface area (Å²) in [5, 5.41) is 0. The lowest BCUT2D eigenvalue weighted by atomic mass is 10.1. The molecular formula is C24H22BrF2N3O4. The van der Waals surface area contributed by atoms with Gasteiger partial charge in [-0.05, 0) is 52.7 Å². The first-order valence-electron chi connectivity index (χ1n) is 10.6. The highest BCUT2D eigenvalue weighted by molar-refractivity contribution is 9.10. The fourth-order valence-corrected chi connectivity index (χ4v) is 3.98. The van der Waals surface area contributed by atoms with Gasteiger partial charge in [0.05, 0.1) is 19.8 Å². The third-order valence-corrected chi connectivity index (χ3v) is 6.17. The van der Waals surface area contributed by atoms with Gasteiger partial charge in [-0.25, -0.2) is 8.78 Å². The molecule has 0 saturated carbocycles. The van der Waals surface area contributed by atoms with Crippen LogP contribution in [0.4, 0.5) is 8.78 Å². The Bertz CT molecular complexity index is 1260. The summed E-state index contributed by atoms with van der Waals surface area (Å²) in [6.07, 6.45) is 0. The molecule has 7 nitrogen and oxygen atoms in total. The van der Waals surface area contributed by atoms with E-state index in [4.69, 9.17) is 9.47 Å². The SMILES string of the molecule is Cc1nc(OCc2ccc(F)cc2F)c(Br)c(=O)n1Cc1ccc(C(=O)N2CCOCC2)cc1. The number of aromatic nitrogens is 2. The highest BCUT2D eigenvalue weighted by Crippen LogP contribution is 2.21. The van der Waals surface area contributed by atoms with E-state index in [0.29, 0.717) is 37.7 Å². The van der Waals surface area contributed by atoms with E-state index >= 15 is 0 Å². The minimum Gasteiger partial charge on any atom is -0.472 e. The van der Waals surface area contributed by atoms with E-state index in [1.165, 1.54) is 10.6 Å². The van der Waals surface area contributed by atoms with Crippen molar-refractivity contribution in [3.63, 3.8) is 0 Å². The fraction of sp³-hybridized carbons (Fsp3) is 0.292. The number of halogens is 3. The maximum atomic E-state index is 13.9. The quantitative estimate of drug-likeness (QED) is 0.483. The molecule has 0 bridgehead atoms. The van der Waals surface area contributed by atoms with Crippen LogP contribution < -0.4 is 10.3 Å². The van der Waals surface area contributed by atoms with Gasteiger partial charge in [0.2, 0.25) is 5.88 Å². The molecule has 0 unspecified atom stereocenters.